The van der Waals surface area contributed by atoms with E-state index in [1.807, 2.05) is 0 Å². The molecule has 210 valence electrons. The largest absolute Gasteiger partial charge is 0.490 e. The Hall–Kier alpha value is -0.740. The summed E-state index contributed by atoms with van der Waals surface area (Å²) in [5, 5.41) is 0. The maximum Gasteiger partial charge on any atom is 0.490 e. The van der Waals surface area contributed by atoms with Crippen molar-refractivity contribution in [3.05, 3.63) is 0 Å². The normalized spacial score (nSPS) is 11.8. The van der Waals surface area contributed by atoms with Crippen LogP contribution < -0.4 is 0 Å². The number of hydrogen-bond donors (Lipinski definition) is 0. The first-order chi connectivity index (χ1) is 17.0. The summed E-state index contributed by atoms with van der Waals surface area (Å²) >= 11 is 0. The molecule has 0 saturated carbocycles. The lowest BCUT2D eigenvalue weighted by Gasteiger charge is -2.07. The van der Waals surface area contributed by atoms with E-state index < -0.39 is 12.1 Å². The third-order valence-corrected chi connectivity index (χ3v) is 6.96. The van der Waals surface area contributed by atoms with Crippen molar-refractivity contribution in [1.82, 2.24) is 0 Å². The van der Waals surface area contributed by atoms with Crippen molar-refractivity contribution in [1.29, 1.82) is 0 Å². The monoisotopic (exact) mass is 506 g/mol. The van der Waals surface area contributed by atoms with E-state index in [9.17, 15) is 18.0 Å². The first-order valence-electron chi connectivity index (χ1n) is 15.2. The van der Waals surface area contributed by atoms with Gasteiger partial charge in [0.1, 0.15) is 0 Å². The number of esters is 1. The highest BCUT2D eigenvalue weighted by Gasteiger charge is 2.40. The fraction of sp³-hybridized carbons (Fsp3) is 0.967. The molecule has 0 N–H and O–H groups in total. The van der Waals surface area contributed by atoms with Gasteiger partial charge in [0, 0.05) is 0 Å². The van der Waals surface area contributed by atoms with E-state index in [2.05, 4.69) is 11.7 Å². The van der Waals surface area contributed by atoms with Gasteiger partial charge in [-0.3, -0.25) is 0 Å². The molecule has 5 heteroatoms. The Morgan fingerprint density at radius 2 is 0.686 bits per heavy atom. The van der Waals surface area contributed by atoms with Crippen molar-refractivity contribution in [2.75, 3.05) is 6.61 Å². The molecule has 0 unspecified atom stereocenters. The van der Waals surface area contributed by atoms with Gasteiger partial charge in [-0.25, -0.2) is 4.79 Å². The van der Waals surface area contributed by atoms with Crippen molar-refractivity contribution < 1.29 is 22.7 Å². The van der Waals surface area contributed by atoms with Crippen LogP contribution in [0.3, 0.4) is 0 Å². The van der Waals surface area contributed by atoms with Crippen LogP contribution in [0.2, 0.25) is 0 Å². The number of carbonyl (C=O) groups excluding carboxylic acids is 1. The van der Waals surface area contributed by atoms with Gasteiger partial charge < -0.3 is 4.74 Å². The average Bonchev–Trinajstić information content (AvgIpc) is 2.82. The lowest BCUT2D eigenvalue weighted by Crippen LogP contribution is -2.25. The minimum atomic E-state index is -4.87. The standard InChI is InChI=1S/C30H57F3O2/c1-2-3-4-5-6-7-8-9-10-11-12-13-14-15-16-17-18-19-20-21-22-23-24-25-26-27-28-35-29(34)30(31,32)33/h2-28H2,1H3. The maximum absolute atomic E-state index is 12.0. The van der Waals surface area contributed by atoms with E-state index in [0.717, 1.165) is 19.3 Å². The third-order valence-electron chi connectivity index (χ3n) is 6.96. The van der Waals surface area contributed by atoms with Crippen LogP contribution >= 0.6 is 0 Å². The predicted molar refractivity (Wildman–Crippen MR) is 143 cm³/mol. The van der Waals surface area contributed by atoms with Crippen LogP contribution in [0.5, 0.6) is 0 Å². The second-order valence-corrected chi connectivity index (χ2v) is 10.5. The highest BCUT2D eigenvalue weighted by molar-refractivity contribution is 5.75. The van der Waals surface area contributed by atoms with E-state index in [4.69, 9.17) is 0 Å². The Morgan fingerprint density at radius 1 is 0.457 bits per heavy atom. The van der Waals surface area contributed by atoms with E-state index in [-0.39, 0.29) is 6.61 Å². The number of carbonyl (C=O) groups is 1. The van der Waals surface area contributed by atoms with Gasteiger partial charge in [-0.2, -0.15) is 13.2 Å². The van der Waals surface area contributed by atoms with Gasteiger partial charge in [-0.15, -0.1) is 0 Å². The van der Waals surface area contributed by atoms with E-state index in [1.165, 1.54) is 141 Å². The fourth-order valence-corrected chi connectivity index (χ4v) is 4.66. The minimum absolute atomic E-state index is 0.127. The van der Waals surface area contributed by atoms with Crippen molar-refractivity contribution in [3.8, 4) is 0 Å². The maximum atomic E-state index is 12.0. The van der Waals surface area contributed by atoms with Gasteiger partial charge in [0.05, 0.1) is 6.61 Å². The van der Waals surface area contributed by atoms with Crippen molar-refractivity contribution in [2.45, 2.75) is 180 Å². The molecule has 0 bridgehead atoms. The molecule has 0 aliphatic heterocycles. The number of alkyl halides is 3. The molecule has 0 atom stereocenters. The SMILES string of the molecule is CCCCCCCCCCCCCCCCCCCCCCCCCCCCOC(=O)C(F)(F)F. The molecule has 0 heterocycles. The van der Waals surface area contributed by atoms with E-state index in [0.29, 0.717) is 6.42 Å². The van der Waals surface area contributed by atoms with Gasteiger partial charge in [-0.1, -0.05) is 167 Å². The highest BCUT2D eigenvalue weighted by Crippen LogP contribution is 2.18. The summed E-state index contributed by atoms with van der Waals surface area (Å²) in [5.74, 6) is -2.07. The molecule has 0 spiro atoms. The Bertz CT molecular complexity index is 438. The number of rotatable bonds is 27. The van der Waals surface area contributed by atoms with Crippen molar-refractivity contribution in [2.24, 2.45) is 0 Å². The molecule has 0 aromatic heterocycles. The van der Waals surface area contributed by atoms with E-state index in [1.54, 1.807) is 0 Å². The zero-order valence-electron chi connectivity index (χ0n) is 23.0. The molecular weight excluding hydrogens is 449 g/mol. The molecule has 0 aromatic carbocycles. The molecule has 2 nitrogen and oxygen atoms in total. The minimum Gasteiger partial charge on any atom is -0.459 e. The van der Waals surface area contributed by atoms with Gasteiger partial charge in [-0.05, 0) is 6.42 Å². The Labute approximate surface area is 215 Å². The third kappa shape index (κ3) is 27.7. The van der Waals surface area contributed by atoms with Gasteiger partial charge >= 0.3 is 12.1 Å². The number of hydrogen-bond acceptors (Lipinski definition) is 2. The molecule has 0 amide bonds. The summed E-state index contributed by atoms with van der Waals surface area (Å²) in [6.45, 7) is 2.15. The smallest absolute Gasteiger partial charge is 0.459 e. The van der Waals surface area contributed by atoms with Crippen LogP contribution in [-0.4, -0.2) is 18.8 Å². The first-order valence-corrected chi connectivity index (χ1v) is 15.2. The molecule has 0 aliphatic carbocycles. The van der Waals surface area contributed by atoms with E-state index >= 15 is 0 Å². The number of ether oxygens (including phenoxy) is 1. The summed E-state index contributed by atoms with van der Waals surface area (Å²) in [4.78, 5) is 10.6. The van der Waals surface area contributed by atoms with Crippen molar-refractivity contribution >= 4 is 5.97 Å². The Kier molecular flexibility index (Phi) is 25.8. The lowest BCUT2D eigenvalue weighted by atomic mass is 10.0. The van der Waals surface area contributed by atoms with Gasteiger partial charge in [0.25, 0.3) is 0 Å². The molecule has 0 saturated heterocycles. The number of halogens is 3. The quantitative estimate of drug-likeness (QED) is 0.0818. The summed E-state index contributed by atoms with van der Waals surface area (Å²) < 4.78 is 40.1. The molecule has 35 heavy (non-hydrogen) atoms. The molecule has 0 aromatic rings. The van der Waals surface area contributed by atoms with Crippen LogP contribution in [-0.2, 0) is 9.53 Å². The Balaban J connectivity index is 3.08. The van der Waals surface area contributed by atoms with Crippen LogP contribution in [0.4, 0.5) is 13.2 Å². The van der Waals surface area contributed by atoms with Crippen molar-refractivity contribution in [3.63, 3.8) is 0 Å². The predicted octanol–water partition coefficient (Wildman–Crippen LogP) is 11.3. The van der Waals surface area contributed by atoms with Gasteiger partial charge in [0.2, 0.25) is 0 Å². The van der Waals surface area contributed by atoms with Crippen LogP contribution in [0, 0.1) is 0 Å². The summed E-state index contributed by atoms with van der Waals surface area (Å²) in [6.07, 6.45) is 29.2. The molecule has 0 rings (SSSR count). The zero-order chi connectivity index (χ0) is 25.9. The second-order valence-electron chi connectivity index (χ2n) is 10.5. The lowest BCUT2D eigenvalue weighted by molar-refractivity contribution is -0.199. The second kappa shape index (κ2) is 26.3. The highest BCUT2D eigenvalue weighted by atomic mass is 19.4. The molecule has 0 aliphatic rings. The number of unbranched alkanes of at least 4 members (excludes halogenated alkanes) is 25. The average molecular weight is 507 g/mol. The Morgan fingerprint density at radius 3 is 0.914 bits per heavy atom. The van der Waals surface area contributed by atoms with Gasteiger partial charge in [0.15, 0.2) is 0 Å². The zero-order valence-corrected chi connectivity index (χ0v) is 23.0. The van der Waals surface area contributed by atoms with Crippen LogP contribution in [0.25, 0.3) is 0 Å². The van der Waals surface area contributed by atoms with Crippen LogP contribution in [0.15, 0.2) is 0 Å². The van der Waals surface area contributed by atoms with Crippen LogP contribution in [0.1, 0.15) is 174 Å². The first kappa shape index (κ1) is 34.3. The summed E-state index contributed by atoms with van der Waals surface area (Å²) in [5.41, 5.74) is 0. The summed E-state index contributed by atoms with van der Waals surface area (Å²) in [7, 11) is 0. The molecule has 0 fully saturated rings. The molecule has 0 radical (unpaired) electrons. The molecular formula is C30H57F3O2. The topological polar surface area (TPSA) is 26.3 Å². The fourth-order valence-electron chi connectivity index (χ4n) is 4.66. The summed E-state index contributed by atoms with van der Waals surface area (Å²) in [6, 6.07) is 0.